The number of nitro groups is 1. The second kappa shape index (κ2) is 7.79. The van der Waals surface area contributed by atoms with Crippen molar-refractivity contribution in [1.82, 2.24) is 10.2 Å². The van der Waals surface area contributed by atoms with E-state index in [0.717, 1.165) is 38.0 Å². The van der Waals surface area contributed by atoms with Crippen molar-refractivity contribution in [3.05, 3.63) is 39.9 Å². The van der Waals surface area contributed by atoms with Crippen LogP contribution in [0.25, 0.3) is 0 Å². The van der Waals surface area contributed by atoms with Gasteiger partial charge in [-0.25, -0.2) is 0 Å². The molecule has 18 heavy (non-hydrogen) atoms. The molecule has 0 aliphatic heterocycles. The number of hydrogen-bond donors (Lipinski definition) is 1. The van der Waals surface area contributed by atoms with Gasteiger partial charge in [0.15, 0.2) is 0 Å². The quantitative estimate of drug-likeness (QED) is 0.434. The highest BCUT2D eigenvalue weighted by atomic mass is 16.6. The van der Waals surface area contributed by atoms with Gasteiger partial charge >= 0.3 is 0 Å². The summed E-state index contributed by atoms with van der Waals surface area (Å²) in [6.07, 6.45) is 2.03. The van der Waals surface area contributed by atoms with Crippen molar-refractivity contribution in [2.24, 2.45) is 0 Å². The van der Waals surface area contributed by atoms with E-state index in [9.17, 15) is 10.1 Å². The molecule has 100 valence electrons. The lowest BCUT2D eigenvalue weighted by atomic mass is 10.1. The van der Waals surface area contributed by atoms with Gasteiger partial charge in [-0.3, -0.25) is 10.1 Å². The minimum absolute atomic E-state index is 0.151. The molecule has 1 aromatic carbocycles. The molecular weight excluding hydrogens is 230 g/mol. The Hall–Kier alpha value is -1.46. The summed E-state index contributed by atoms with van der Waals surface area (Å²) in [5.74, 6) is 0. The fourth-order valence-corrected chi connectivity index (χ4v) is 1.66. The predicted molar refractivity (Wildman–Crippen MR) is 72.8 cm³/mol. The molecular formula is C13H21N3O2. The first-order valence-corrected chi connectivity index (χ1v) is 6.18. The molecule has 0 unspecified atom stereocenters. The van der Waals surface area contributed by atoms with Crippen LogP contribution < -0.4 is 5.32 Å². The molecule has 0 saturated carbocycles. The predicted octanol–water partition coefficient (Wildman–Crippen LogP) is 1.68. The number of rotatable bonds is 8. The average Bonchev–Trinajstić information content (AvgIpc) is 2.34. The van der Waals surface area contributed by atoms with Gasteiger partial charge in [-0.05, 0) is 52.1 Å². The Morgan fingerprint density at radius 1 is 1.22 bits per heavy atom. The third-order valence-corrected chi connectivity index (χ3v) is 2.70. The van der Waals surface area contributed by atoms with E-state index in [-0.39, 0.29) is 10.6 Å². The molecule has 0 spiro atoms. The highest BCUT2D eigenvalue weighted by Crippen LogP contribution is 2.11. The smallest absolute Gasteiger partial charge is 0.269 e. The molecule has 0 radical (unpaired) electrons. The summed E-state index contributed by atoms with van der Waals surface area (Å²) in [6.45, 7) is 3.00. The van der Waals surface area contributed by atoms with Gasteiger partial charge in [-0.1, -0.05) is 12.1 Å². The van der Waals surface area contributed by atoms with E-state index in [4.69, 9.17) is 0 Å². The molecule has 0 fully saturated rings. The normalized spacial score (nSPS) is 10.8. The van der Waals surface area contributed by atoms with E-state index in [1.165, 1.54) is 0 Å². The minimum Gasteiger partial charge on any atom is -0.316 e. The Kier molecular flexibility index (Phi) is 6.32. The molecule has 1 aromatic rings. The number of nitro benzene ring substituents is 1. The van der Waals surface area contributed by atoms with Gasteiger partial charge in [0.2, 0.25) is 0 Å². The molecule has 0 saturated heterocycles. The molecule has 0 atom stereocenters. The molecule has 0 heterocycles. The van der Waals surface area contributed by atoms with Gasteiger partial charge in [0.1, 0.15) is 0 Å². The Morgan fingerprint density at radius 3 is 2.44 bits per heavy atom. The van der Waals surface area contributed by atoms with Crippen LogP contribution in [0, 0.1) is 10.1 Å². The third kappa shape index (κ3) is 5.75. The zero-order valence-corrected chi connectivity index (χ0v) is 11.1. The van der Waals surface area contributed by atoms with Crippen LogP contribution in [-0.4, -0.2) is 43.6 Å². The highest BCUT2D eigenvalue weighted by Gasteiger charge is 2.03. The number of non-ortho nitro benzene ring substituents is 1. The number of hydrogen-bond acceptors (Lipinski definition) is 4. The van der Waals surface area contributed by atoms with Crippen LogP contribution in [0.1, 0.15) is 12.0 Å². The van der Waals surface area contributed by atoms with Crippen molar-refractivity contribution >= 4 is 5.69 Å². The van der Waals surface area contributed by atoms with E-state index in [2.05, 4.69) is 24.3 Å². The summed E-state index contributed by atoms with van der Waals surface area (Å²) in [5, 5.41) is 13.9. The topological polar surface area (TPSA) is 58.4 Å². The highest BCUT2D eigenvalue weighted by molar-refractivity contribution is 5.32. The fraction of sp³-hybridized carbons (Fsp3) is 0.538. The summed E-state index contributed by atoms with van der Waals surface area (Å²) in [5.41, 5.74) is 1.28. The Balaban J connectivity index is 2.17. The summed E-state index contributed by atoms with van der Waals surface area (Å²) in [4.78, 5) is 12.3. The first-order valence-electron chi connectivity index (χ1n) is 6.18. The van der Waals surface area contributed by atoms with Crippen LogP contribution in [0.2, 0.25) is 0 Å². The van der Waals surface area contributed by atoms with Gasteiger partial charge < -0.3 is 10.2 Å². The Morgan fingerprint density at radius 2 is 1.89 bits per heavy atom. The van der Waals surface area contributed by atoms with Crippen LogP contribution in [-0.2, 0) is 6.42 Å². The lowest BCUT2D eigenvalue weighted by Gasteiger charge is -2.09. The molecule has 0 amide bonds. The summed E-state index contributed by atoms with van der Waals surface area (Å²) in [6, 6.07) is 6.75. The molecule has 1 rings (SSSR count). The van der Waals surface area contributed by atoms with E-state index in [1.807, 2.05) is 12.1 Å². The van der Waals surface area contributed by atoms with Crippen molar-refractivity contribution in [2.75, 3.05) is 33.7 Å². The van der Waals surface area contributed by atoms with Crippen molar-refractivity contribution in [3.63, 3.8) is 0 Å². The van der Waals surface area contributed by atoms with Crippen molar-refractivity contribution < 1.29 is 4.92 Å². The van der Waals surface area contributed by atoms with Gasteiger partial charge in [0, 0.05) is 12.1 Å². The lowest BCUT2D eigenvalue weighted by Crippen LogP contribution is -2.23. The lowest BCUT2D eigenvalue weighted by molar-refractivity contribution is -0.384. The third-order valence-electron chi connectivity index (χ3n) is 2.70. The Bertz CT molecular complexity index is 363. The largest absolute Gasteiger partial charge is 0.316 e. The fourth-order valence-electron chi connectivity index (χ4n) is 1.66. The van der Waals surface area contributed by atoms with Crippen LogP contribution in [0.15, 0.2) is 24.3 Å². The van der Waals surface area contributed by atoms with Crippen LogP contribution >= 0.6 is 0 Å². The monoisotopic (exact) mass is 251 g/mol. The van der Waals surface area contributed by atoms with Crippen molar-refractivity contribution in [1.29, 1.82) is 0 Å². The van der Waals surface area contributed by atoms with E-state index in [0.29, 0.717) is 0 Å². The van der Waals surface area contributed by atoms with Crippen LogP contribution in [0.3, 0.4) is 0 Å². The Labute approximate surface area is 108 Å². The minimum atomic E-state index is -0.372. The maximum atomic E-state index is 10.5. The summed E-state index contributed by atoms with van der Waals surface area (Å²) in [7, 11) is 4.13. The molecule has 0 aromatic heterocycles. The second-order valence-electron chi connectivity index (χ2n) is 4.58. The zero-order chi connectivity index (χ0) is 13.4. The molecule has 1 N–H and O–H groups in total. The number of nitrogens with one attached hydrogen (secondary N) is 1. The number of nitrogens with zero attached hydrogens (tertiary/aromatic N) is 2. The van der Waals surface area contributed by atoms with Gasteiger partial charge in [-0.15, -0.1) is 0 Å². The first kappa shape index (κ1) is 14.6. The number of benzene rings is 1. The summed E-state index contributed by atoms with van der Waals surface area (Å²) >= 11 is 0. The SMILES string of the molecule is CN(C)CCCNCCc1ccc([N+](=O)[O-])cc1. The molecule has 0 bridgehead atoms. The summed E-state index contributed by atoms with van der Waals surface area (Å²) < 4.78 is 0. The van der Waals surface area contributed by atoms with Gasteiger partial charge in [0.25, 0.3) is 5.69 Å². The zero-order valence-electron chi connectivity index (χ0n) is 11.1. The maximum Gasteiger partial charge on any atom is 0.269 e. The van der Waals surface area contributed by atoms with Crippen LogP contribution in [0.4, 0.5) is 5.69 Å². The van der Waals surface area contributed by atoms with E-state index >= 15 is 0 Å². The first-order chi connectivity index (χ1) is 8.59. The van der Waals surface area contributed by atoms with Gasteiger partial charge in [0.05, 0.1) is 4.92 Å². The van der Waals surface area contributed by atoms with E-state index in [1.54, 1.807) is 12.1 Å². The van der Waals surface area contributed by atoms with Crippen molar-refractivity contribution in [2.45, 2.75) is 12.8 Å². The van der Waals surface area contributed by atoms with Gasteiger partial charge in [-0.2, -0.15) is 0 Å². The molecule has 0 aliphatic carbocycles. The van der Waals surface area contributed by atoms with E-state index < -0.39 is 0 Å². The standard InChI is InChI=1S/C13H21N3O2/c1-15(2)11-3-9-14-10-8-12-4-6-13(7-5-12)16(17)18/h4-7,14H,3,8-11H2,1-2H3. The molecule has 0 aliphatic rings. The maximum absolute atomic E-state index is 10.5. The van der Waals surface area contributed by atoms with Crippen LogP contribution in [0.5, 0.6) is 0 Å². The second-order valence-corrected chi connectivity index (χ2v) is 4.58. The average molecular weight is 251 g/mol. The molecule has 5 nitrogen and oxygen atoms in total. The molecule has 5 heteroatoms. The van der Waals surface area contributed by atoms with Crippen molar-refractivity contribution in [3.8, 4) is 0 Å².